The van der Waals surface area contributed by atoms with Crippen molar-refractivity contribution in [3.05, 3.63) is 12.2 Å². The zero-order valence-corrected chi connectivity index (χ0v) is 9.22. The molecule has 0 aromatic heterocycles. The fourth-order valence-electron chi connectivity index (χ4n) is 1.89. The molecular formula is C12H23. The van der Waals surface area contributed by atoms with Gasteiger partial charge in [-0.1, -0.05) is 39.8 Å². The lowest BCUT2D eigenvalue weighted by Crippen LogP contribution is -2.04. The first-order chi connectivity index (χ1) is 5.56. The summed E-state index contributed by atoms with van der Waals surface area (Å²) in [6.45, 7) is 11.2. The quantitative estimate of drug-likeness (QED) is 0.579. The van der Waals surface area contributed by atoms with Crippen LogP contribution >= 0.6 is 0 Å². The molecule has 0 spiro atoms. The van der Waals surface area contributed by atoms with Crippen molar-refractivity contribution in [1.82, 2.24) is 0 Å². The summed E-state index contributed by atoms with van der Waals surface area (Å²) in [5, 5.41) is 0. The molecule has 0 rings (SSSR count). The summed E-state index contributed by atoms with van der Waals surface area (Å²) in [5.41, 5.74) is 0. The van der Waals surface area contributed by atoms with E-state index >= 15 is 0 Å². The molecule has 0 N–H and O–H groups in total. The maximum absolute atomic E-state index is 3.10. The molecule has 0 aliphatic rings. The van der Waals surface area contributed by atoms with E-state index in [0.717, 1.165) is 11.8 Å². The van der Waals surface area contributed by atoms with Gasteiger partial charge < -0.3 is 0 Å². The Hall–Kier alpha value is -0.260. The fourth-order valence-corrected chi connectivity index (χ4v) is 1.89. The second-order valence-corrected chi connectivity index (χ2v) is 4.40. The van der Waals surface area contributed by atoms with Gasteiger partial charge in [-0.2, -0.15) is 0 Å². The van der Waals surface area contributed by atoms with Crippen molar-refractivity contribution in [2.24, 2.45) is 17.8 Å². The molecule has 0 aliphatic heterocycles. The number of hydrogen-bond acceptors (Lipinski definition) is 0. The third kappa shape index (κ3) is 6.45. The van der Waals surface area contributed by atoms with Crippen LogP contribution in [0.3, 0.4) is 0 Å². The first kappa shape index (κ1) is 11.7. The Balaban J connectivity index is 3.60. The van der Waals surface area contributed by atoms with E-state index in [-0.39, 0.29) is 0 Å². The lowest BCUT2D eigenvalue weighted by atomic mass is 9.90. The van der Waals surface area contributed by atoms with E-state index in [2.05, 4.69) is 39.8 Å². The topological polar surface area (TPSA) is 0 Å². The highest BCUT2D eigenvalue weighted by Gasteiger charge is 2.07. The maximum Gasteiger partial charge on any atom is -0.0254 e. The standard InChI is InChI=1S/C12H23/c1-6-7-11(4)9-12(5)8-10(2)3/h7,10-12H,8-9H2,1-5H3. The van der Waals surface area contributed by atoms with Gasteiger partial charge in [0, 0.05) is 0 Å². The highest BCUT2D eigenvalue weighted by atomic mass is 14.1. The Morgan fingerprint density at radius 2 is 1.67 bits per heavy atom. The highest BCUT2D eigenvalue weighted by molar-refractivity contribution is 4.78. The van der Waals surface area contributed by atoms with Crippen LogP contribution in [0.15, 0.2) is 6.08 Å². The van der Waals surface area contributed by atoms with Crippen LogP contribution in [0.1, 0.15) is 47.5 Å². The average Bonchev–Trinajstić information content (AvgIpc) is 1.84. The van der Waals surface area contributed by atoms with Crippen molar-refractivity contribution < 1.29 is 0 Å². The van der Waals surface area contributed by atoms with Crippen molar-refractivity contribution in [3.8, 4) is 0 Å². The van der Waals surface area contributed by atoms with E-state index in [9.17, 15) is 0 Å². The number of hydrogen-bond donors (Lipinski definition) is 0. The third-order valence-electron chi connectivity index (χ3n) is 2.10. The zero-order valence-electron chi connectivity index (χ0n) is 9.22. The molecule has 0 aromatic carbocycles. The van der Waals surface area contributed by atoms with Gasteiger partial charge in [0.2, 0.25) is 0 Å². The minimum atomic E-state index is 0.698. The second-order valence-electron chi connectivity index (χ2n) is 4.40. The van der Waals surface area contributed by atoms with E-state index in [0.29, 0.717) is 5.92 Å². The van der Waals surface area contributed by atoms with Gasteiger partial charge in [-0.05, 0) is 37.5 Å². The van der Waals surface area contributed by atoms with Gasteiger partial charge in [-0.25, -0.2) is 0 Å². The van der Waals surface area contributed by atoms with E-state index < -0.39 is 0 Å². The lowest BCUT2D eigenvalue weighted by Gasteiger charge is -2.16. The van der Waals surface area contributed by atoms with E-state index in [1.807, 2.05) is 6.92 Å². The minimum absolute atomic E-state index is 0.698. The first-order valence-electron chi connectivity index (χ1n) is 5.06. The van der Waals surface area contributed by atoms with Crippen LogP contribution in [-0.4, -0.2) is 0 Å². The molecule has 0 saturated heterocycles. The molecule has 0 heteroatoms. The molecule has 0 nitrogen and oxygen atoms in total. The van der Waals surface area contributed by atoms with Gasteiger partial charge >= 0.3 is 0 Å². The summed E-state index contributed by atoms with van der Waals surface area (Å²) in [7, 11) is 0. The number of rotatable bonds is 5. The van der Waals surface area contributed by atoms with Gasteiger partial charge in [0.15, 0.2) is 0 Å². The molecule has 1 radical (unpaired) electrons. The molecular weight excluding hydrogens is 144 g/mol. The summed E-state index contributed by atoms with van der Waals surface area (Å²) in [6, 6.07) is 0. The molecule has 12 heavy (non-hydrogen) atoms. The van der Waals surface area contributed by atoms with Gasteiger partial charge in [0.25, 0.3) is 0 Å². The average molecular weight is 167 g/mol. The Morgan fingerprint density at radius 3 is 2.08 bits per heavy atom. The predicted octanol–water partition coefficient (Wildman–Crippen LogP) is 4.07. The molecule has 2 unspecified atom stereocenters. The van der Waals surface area contributed by atoms with Gasteiger partial charge in [0.05, 0.1) is 0 Å². The summed E-state index contributed by atoms with van der Waals surface area (Å²) in [6.07, 6.45) is 7.93. The maximum atomic E-state index is 3.10. The normalized spacial score (nSPS) is 17.2. The summed E-state index contributed by atoms with van der Waals surface area (Å²) >= 11 is 0. The smallest absolute Gasteiger partial charge is 0.0254 e. The van der Waals surface area contributed by atoms with Crippen LogP contribution in [0.4, 0.5) is 0 Å². The van der Waals surface area contributed by atoms with Crippen LogP contribution in [-0.2, 0) is 0 Å². The van der Waals surface area contributed by atoms with Crippen LogP contribution in [0, 0.1) is 23.8 Å². The molecule has 2 atom stereocenters. The first-order valence-corrected chi connectivity index (χ1v) is 5.06. The summed E-state index contributed by atoms with van der Waals surface area (Å²) in [4.78, 5) is 0. The molecule has 0 bridgehead atoms. The van der Waals surface area contributed by atoms with Crippen molar-refractivity contribution in [2.75, 3.05) is 0 Å². The Morgan fingerprint density at radius 1 is 1.08 bits per heavy atom. The predicted molar refractivity (Wildman–Crippen MR) is 55.9 cm³/mol. The summed E-state index contributed by atoms with van der Waals surface area (Å²) < 4.78 is 0. The van der Waals surface area contributed by atoms with Gasteiger partial charge in [0.1, 0.15) is 0 Å². The van der Waals surface area contributed by atoms with E-state index in [1.54, 1.807) is 0 Å². The summed E-state index contributed by atoms with van der Waals surface area (Å²) in [5.74, 6) is 2.38. The lowest BCUT2D eigenvalue weighted by molar-refractivity contribution is 0.383. The van der Waals surface area contributed by atoms with E-state index in [1.165, 1.54) is 12.8 Å². The van der Waals surface area contributed by atoms with Crippen LogP contribution in [0.5, 0.6) is 0 Å². The molecule has 0 heterocycles. The Labute approximate surface area is 78.1 Å². The second kappa shape index (κ2) is 6.28. The van der Waals surface area contributed by atoms with Gasteiger partial charge in [-0.15, -0.1) is 0 Å². The van der Waals surface area contributed by atoms with Crippen molar-refractivity contribution in [2.45, 2.75) is 47.5 Å². The third-order valence-corrected chi connectivity index (χ3v) is 2.10. The molecule has 0 aliphatic carbocycles. The van der Waals surface area contributed by atoms with Crippen LogP contribution in [0.2, 0.25) is 0 Å². The fraction of sp³-hybridized carbons (Fsp3) is 0.833. The molecule has 0 fully saturated rings. The zero-order chi connectivity index (χ0) is 9.56. The molecule has 0 saturated carbocycles. The van der Waals surface area contributed by atoms with E-state index in [4.69, 9.17) is 0 Å². The SMILES string of the molecule is C/[C]=C/C(C)CC(C)CC(C)C. The monoisotopic (exact) mass is 167 g/mol. The Kier molecular flexibility index (Phi) is 6.14. The molecule has 71 valence electrons. The molecule has 0 aromatic rings. The van der Waals surface area contributed by atoms with Crippen LogP contribution < -0.4 is 0 Å². The largest absolute Gasteiger partial charge is 0.0785 e. The highest BCUT2D eigenvalue weighted by Crippen LogP contribution is 2.19. The van der Waals surface area contributed by atoms with Gasteiger partial charge in [-0.3, -0.25) is 0 Å². The van der Waals surface area contributed by atoms with Crippen molar-refractivity contribution in [3.63, 3.8) is 0 Å². The number of allylic oxidation sites excluding steroid dienone is 2. The minimum Gasteiger partial charge on any atom is -0.0785 e. The Bertz CT molecular complexity index is 122. The van der Waals surface area contributed by atoms with Crippen molar-refractivity contribution >= 4 is 0 Å². The van der Waals surface area contributed by atoms with Crippen LogP contribution in [0.25, 0.3) is 0 Å². The molecule has 0 amide bonds. The van der Waals surface area contributed by atoms with Crippen molar-refractivity contribution in [1.29, 1.82) is 0 Å².